The van der Waals surface area contributed by atoms with Crippen LogP contribution in [0.4, 0.5) is 0 Å². The van der Waals surface area contributed by atoms with Crippen molar-refractivity contribution < 1.29 is 14.3 Å². The molecular weight excluding hydrogens is 262 g/mol. The number of ketones is 1. The van der Waals surface area contributed by atoms with E-state index < -0.39 is 5.97 Å². The molecule has 0 aliphatic carbocycles. The summed E-state index contributed by atoms with van der Waals surface area (Å²) in [5, 5.41) is 0. The maximum absolute atomic E-state index is 11.8. The van der Waals surface area contributed by atoms with Crippen molar-refractivity contribution in [2.45, 2.75) is 20.5 Å². The van der Waals surface area contributed by atoms with Gasteiger partial charge in [-0.15, -0.1) is 11.3 Å². The Morgan fingerprint density at radius 3 is 2.37 bits per heavy atom. The lowest BCUT2D eigenvalue weighted by Crippen LogP contribution is -2.05. The molecule has 2 rings (SSSR count). The Bertz CT molecular complexity index is 601. The number of Topliss-reactive ketones (excluding diaryl/α,β-unsaturated/α-hetero) is 1. The van der Waals surface area contributed by atoms with Crippen LogP contribution >= 0.6 is 11.3 Å². The lowest BCUT2D eigenvalue weighted by atomic mass is 10.1. The number of thiazole rings is 1. The Kier molecular flexibility index (Phi) is 4.06. The number of carbonyl (C=O) groups excluding carboxylic acids is 2. The molecule has 19 heavy (non-hydrogen) atoms. The van der Waals surface area contributed by atoms with Crippen molar-refractivity contribution in [1.82, 2.24) is 4.98 Å². The van der Waals surface area contributed by atoms with Crippen LogP contribution in [0.15, 0.2) is 29.8 Å². The van der Waals surface area contributed by atoms with Crippen molar-refractivity contribution in [1.29, 1.82) is 0 Å². The number of hydrogen-bond donors (Lipinski definition) is 0. The topological polar surface area (TPSA) is 56.3 Å². The van der Waals surface area contributed by atoms with Crippen LogP contribution in [0.3, 0.4) is 0 Å². The molecule has 0 saturated carbocycles. The van der Waals surface area contributed by atoms with Crippen LogP contribution in [0.2, 0.25) is 0 Å². The second kappa shape index (κ2) is 5.75. The summed E-state index contributed by atoms with van der Waals surface area (Å²) in [5.41, 5.74) is 3.62. The molecular formula is C14H13NO3S. The van der Waals surface area contributed by atoms with E-state index in [0.29, 0.717) is 11.1 Å². The van der Waals surface area contributed by atoms with Gasteiger partial charge in [0.15, 0.2) is 5.78 Å². The van der Waals surface area contributed by atoms with E-state index in [4.69, 9.17) is 4.74 Å². The van der Waals surface area contributed by atoms with Gasteiger partial charge in [0.25, 0.3) is 0 Å². The summed E-state index contributed by atoms with van der Waals surface area (Å²) in [6.07, 6.45) is 0. The number of carbonyl (C=O) groups is 2. The van der Waals surface area contributed by atoms with Gasteiger partial charge in [-0.3, -0.25) is 4.79 Å². The molecule has 0 bridgehead atoms. The molecule has 0 unspecified atom stereocenters. The minimum atomic E-state index is -0.400. The molecule has 0 saturated heterocycles. The predicted octanol–water partition coefficient (Wildman–Crippen LogP) is 3.01. The zero-order valence-corrected chi connectivity index (χ0v) is 11.5. The standard InChI is InChI=1S/C14H13NO3S/c1-9-13(19-8-15-9)7-18-14(17)12-5-3-11(4-6-12)10(2)16/h3-6,8H,7H2,1-2H3. The smallest absolute Gasteiger partial charge is 0.338 e. The molecule has 1 heterocycles. The van der Waals surface area contributed by atoms with E-state index in [9.17, 15) is 9.59 Å². The maximum atomic E-state index is 11.8. The molecule has 2 aromatic rings. The van der Waals surface area contributed by atoms with Crippen molar-refractivity contribution >= 4 is 23.1 Å². The quantitative estimate of drug-likeness (QED) is 0.635. The van der Waals surface area contributed by atoms with Crippen molar-refractivity contribution in [2.24, 2.45) is 0 Å². The SMILES string of the molecule is CC(=O)c1ccc(C(=O)OCc2scnc2C)cc1. The fourth-order valence-electron chi connectivity index (χ4n) is 1.52. The second-order valence-corrected chi connectivity index (χ2v) is 5.01. The molecule has 0 amide bonds. The second-order valence-electron chi connectivity index (χ2n) is 4.07. The van der Waals surface area contributed by atoms with Crippen molar-refractivity contribution in [3.8, 4) is 0 Å². The van der Waals surface area contributed by atoms with Gasteiger partial charge < -0.3 is 4.74 Å². The number of nitrogens with zero attached hydrogens (tertiary/aromatic N) is 1. The van der Waals surface area contributed by atoms with Crippen LogP contribution in [0, 0.1) is 6.92 Å². The average Bonchev–Trinajstić information content (AvgIpc) is 2.81. The highest BCUT2D eigenvalue weighted by Gasteiger charge is 2.10. The van der Waals surface area contributed by atoms with Gasteiger partial charge in [0.05, 0.1) is 21.6 Å². The fourth-order valence-corrected chi connectivity index (χ4v) is 2.21. The minimum Gasteiger partial charge on any atom is -0.456 e. The summed E-state index contributed by atoms with van der Waals surface area (Å²) in [6, 6.07) is 6.44. The molecule has 1 aromatic carbocycles. The molecule has 0 fully saturated rings. The average molecular weight is 275 g/mol. The summed E-state index contributed by atoms with van der Waals surface area (Å²) in [7, 11) is 0. The molecule has 0 spiro atoms. The van der Waals surface area contributed by atoms with Crippen molar-refractivity contribution in [3.63, 3.8) is 0 Å². The van der Waals surface area contributed by atoms with Gasteiger partial charge in [0.1, 0.15) is 6.61 Å². The number of aryl methyl sites for hydroxylation is 1. The molecule has 0 aliphatic heterocycles. The summed E-state index contributed by atoms with van der Waals surface area (Å²) in [4.78, 5) is 28.0. The van der Waals surface area contributed by atoms with Crippen LogP contribution < -0.4 is 0 Å². The minimum absolute atomic E-state index is 0.0276. The largest absolute Gasteiger partial charge is 0.456 e. The highest BCUT2D eigenvalue weighted by molar-refractivity contribution is 7.09. The van der Waals surface area contributed by atoms with Crippen LogP contribution in [0.1, 0.15) is 38.2 Å². The molecule has 0 N–H and O–H groups in total. The number of aromatic nitrogens is 1. The van der Waals surface area contributed by atoms with Gasteiger partial charge >= 0.3 is 5.97 Å². The van der Waals surface area contributed by atoms with E-state index in [0.717, 1.165) is 10.6 Å². The molecule has 0 radical (unpaired) electrons. The first kappa shape index (κ1) is 13.4. The monoisotopic (exact) mass is 275 g/mol. The normalized spacial score (nSPS) is 10.2. The first-order chi connectivity index (χ1) is 9.08. The summed E-state index contributed by atoms with van der Waals surface area (Å²) < 4.78 is 5.20. The Balaban J connectivity index is 2.00. The molecule has 1 aromatic heterocycles. The third-order valence-electron chi connectivity index (χ3n) is 2.71. The van der Waals surface area contributed by atoms with Gasteiger partial charge in [-0.25, -0.2) is 9.78 Å². The molecule has 5 heteroatoms. The van der Waals surface area contributed by atoms with Gasteiger partial charge in [0, 0.05) is 5.56 Å². The van der Waals surface area contributed by atoms with E-state index in [1.165, 1.54) is 18.3 Å². The van der Waals surface area contributed by atoms with Crippen LogP contribution in [0.5, 0.6) is 0 Å². The number of esters is 1. The van der Waals surface area contributed by atoms with Gasteiger partial charge in [-0.05, 0) is 26.0 Å². The zero-order chi connectivity index (χ0) is 13.8. The van der Waals surface area contributed by atoms with E-state index in [1.54, 1.807) is 29.8 Å². The summed E-state index contributed by atoms with van der Waals surface area (Å²) in [5.74, 6) is -0.428. The first-order valence-electron chi connectivity index (χ1n) is 5.75. The third kappa shape index (κ3) is 3.26. The Labute approximate surface area is 115 Å². The van der Waals surface area contributed by atoms with Crippen LogP contribution in [0.25, 0.3) is 0 Å². The molecule has 0 atom stereocenters. The Hall–Kier alpha value is -2.01. The number of rotatable bonds is 4. The fraction of sp³-hybridized carbons (Fsp3) is 0.214. The van der Waals surface area contributed by atoms with Crippen LogP contribution in [-0.2, 0) is 11.3 Å². The lowest BCUT2D eigenvalue weighted by Gasteiger charge is -2.04. The number of ether oxygens (including phenoxy) is 1. The van der Waals surface area contributed by atoms with E-state index in [-0.39, 0.29) is 12.4 Å². The van der Waals surface area contributed by atoms with E-state index >= 15 is 0 Å². The van der Waals surface area contributed by atoms with Gasteiger partial charge in [-0.1, -0.05) is 12.1 Å². The molecule has 98 valence electrons. The molecule has 4 nitrogen and oxygen atoms in total. The number of hydrogen-bond acceptors (Lipinski definition) is 5. The summed E-state index contributed by atoms with van der Waals surface area (Å²) >= 11 is 1.46. The predicted molar refractivity (Wildman–Crippen MR) is 72.4 cm³/mol. The number of benzene rings is 1. The van der Waals surface area contributed by atoms with Gasteiger partial charge in [0.2, 0.25) is 0 Å². The van der Waals surface area contributed by atoms with Crippen LogP contribution in [-0.4, -0.2) is 16.7 Å². The first-order valence-corrected chi connectivity index (χ1v) is 6.63. The third-order valence-corrected chi connectivity index (χ3v) is 3.61. The van der Waals surface area contributed by atoms with Crippen molar-refractivity contribution in [2.75, 3.05) is 0 Å². The van der Waals surface area contributed by atoms with E-state index in [2.05, 4.69) is 4.98 Å². The maximum Gasteiger partial charge on any atom is 0.338 e. The Morgan fingerprint density at radius 1 is 1.21 bits per heavy atom. The lowest BCUT2D eigenvalue weighted by molar-refractivity contribution is 0.0476. The Morgan fingerprint density at radius 2 is 1.84 bits per heavy atom. The highest BCUT2D eigenvalue weighted by Crippen LogP contribution is 2.14. The highest BCUT2D eigenvalue weighted by atomic mass is 32.1. The molecule has 0 aliphatic rings. The zero-order valence-electron chi connectivity index (χ0n) is 10.7. The summed E-state index contributed by atoms with van der Waals surface area (Å²) in [6.45, 7) is 3.59. The van der Waals surface area contributed by atoms with Gasteiger partial charge in [-0.2, -0.15) is 0 Å². The van der Waals surface area contributed by atoms with E-state index in [1.807, 2.05) is 6.92 Å². The van der Waals surface area contributed by atoms with Crippen molar-refractivity contribution in [3.05, 3.63) is 51.5 Å².